The molecule has 2 atom stereocenters. The molecule has 1 saturated heterocycles. The van der Waals surface area contributed by atoms with Crippen LogP contribution in [0.3, 0.4) is 0 Å². The molecule has 200 valence electrons. The summed E-state index contributed by atoms with van der Waals surface area (Å²) >= 11 is 6.00. The van der Waals surface area contributed by atoms with E-state index in [9.17, 15) is 0 Å². The normalized spacial score (nSPS) is 16.7. The number of thiocarbonyl (C=S) groups is 1. The van der Waals surface area contributed by atoms with Crippen molar-refractivity contribution in [3.8, 4) is 17.2 Å². The molecule has 1 aliphatic heterocycles. The van der Waals surface area contributed by atoms with Gasteiger partial charge < -0.3 is 19.5 Å². The van der Waals surface area contributed by atoms with Gasteiger partial charge >= 0.3 is 0 Å². The van der Waals surface area contributed by atoms with Crippen molar-refractivity contribution in [2.75, 3.05) is 4.90 Å². The van der Waals surface area contributed by atoms with Gasteiger partial charge in [0, 0.05) is 34.5 Å². The molecule has 0 aliphatic carbocycles. The first-order valence-corrected chi connectivity index (χ1v) is 13.9. The van der Waals surface area contributed by atoms with Gasteiger partial charge in [-0.25, -0.2) is 0 Å². The first kappa shape index (κ1) is 25.8. The molecule has 0 unspecified atom stereocenters. The Hall–Kier alpha value is -4.42. The SMILES string of the molecule is Cc1ccc(Oc2ccc(N3C(=S)N[C@@H](c4ccccn4)[C@@H]3c3c(C)c(C)n(-c4ccccc4)c3C)cc2)cc1. The van der Waals surface area contributed by atoms with E-state index in [-0.39, 0.29) is 12.1 Å². The van der Waals surface area contributed by atoms with Gasteiger partial charge in [0.25, 0.3) is 0 Å². The molecular weight excluding hydrogens is 512 g/mol. The van der Waals surface area contributed by atoms with Crippen molar-refractivity contribution in [1.29, 1.82) is 0 Å². The molecule has 0 spiro atoms. The number of hydrogen-bond donors (Lipinski definition) is 1. The van der Waals surface area contributed by atoms with Gasteiger partial charge in [-0.3, -0.25) is 4.98 Å². The van der Waals surface area contributed by atoms with E-state index in [1.807, 2.05) is 42.6 Å². The van der Waals surface area contributed by atoms with E-state index in [0.717, 1.165) is 28.6 Å². The van der Waals surface area contributed by atoms with Crippen molar-refractivity contribution >= 4 is 23.0 Å². The second kappa shape index (κ2) is 10.6. The summed E-state index contributed by atoms with van der Waals surface area (Å²) < 4.78 is 8.45. The number of pyridine rings is 1. The minimum absolute atomic E-state index is 0.0880. The van der Waals surface area contributed by atoms with Crippen molar-refractivity contribution < 1.29 is 4.74 Å². The number of benzene rings is 3. The van der Waals surface area contributed by atoms with E-state index in [1.165, 1.54) is 28.1 Å². The van der Waals surface area contributed by atoms with Crippen LogP contribution in [-0.4, -0.2) is 14.7 Å². The van der Waals surface area contributed by atoms with E-state index in [1.54, 1.807) is 0 Å². The van der Waals surface area contributed by atoms with Crippen LogP contribution in [0.25, 0.3) is 5.69 Å². The average molecular weight is 545 g/mol. The van der Waals surface area contributed by atoms with E-state index in [2.05, 4.69) is 103 Å². The maximum Gasteiger partial charge on any atom is 0.174 e. The number of nitrogens with zero attached hydrogens (tertiary/aromatic N) is 3. The largest absolute Gasteiger partial charge is 0.457 e. The van der Waals surface area contributed by atoms with Crippen LogP contribution in [0.15, 0.2) is 103 Å². The van der Waals surface area contributed by atoms with Crippen LogP contribution in [0, 0.1) is 27.7 Å². The molecule has 0 radical (unpaired) electrons. The van der Waals surface area contributed by atoms with Gasteiger partial charge in [-0.2, -0.15) is 0 Å². The van der Waals surface area contributed by atoms with Crippen LogP contribution in [0.4, 0.5) is 5.69 Å². The summed E-state index contributed by atoms with van der Waals surface area (Å²) in [6.45, 7) is 8.68. The van der Waals surface area contributed by atoms with Gasteiger partial charge in [0.2, 0.25) is 0 Å². The number of aromatic nitrogens is 2. The Morgan fingerprint density at radius 3 is 2.02 bits per heavy atom. The fourth-order valence-electron chi connectivity index (χ4n) is 5.75. The zero-order chi connectivity index (χ0) is 27.8. The Morgan fingerprint density at radius 1 is 0.725 bits per heavy atom. The van der Waals surface area contributed by atoms with Crippen molar-refractivity contribution in [2.45, 2.75) is 39.8 Å². The summed E-state index contributed by atoms with van der Waals surface area (Å²) in [7, 11) is 0. The molecule has 3 heterocycles. The number of nitrogens with one attached hydrogen (secondary N) is 1. The van der Waals surface area contributed by atoms with Gasteiger partial charge in [-0.15, -0.1) is 0 Å². The lowest BCUT2D eigenvalue weighted by Crippen LogP contribution is -2.29. The second-order valence-corrected chi connectivity index (χ2v) is 10.7. The van der Waals surface area contributed by atoms with Crippen LogP contribution < -0.4 is 15.0 Å². The highest BCUT2D eigenvalue weighted by Crippen LogP contribution is 2.45. The molecule has 40 heavy (non-hydrogen) atoms. The van der Waals surface area contributed by atoms with Gasteiger partial charge in [-0.05, 0) is 106 Å². The first-order valence-electron chi connectivity index (χ1n) is 13.5. The molecule has 1 fully saturated rings. The summed E-state index contributed by atoms with van der Waals surface area (Å²) in [6, 6.07) is 32.6. The van der Waals surface area contributed by atoms with Crippen LogP contribution in [-0.2, 0) is 0 Å². The van der Waals surface area contributed by atoms with Crippen molar-refractivity contribution in [1.82, 2.24) is 14.9 Å². The zero-order valence-corrected chi connectivity index (χ0v) is 23.9. The first-order chi connectivity index (χ1) is 19.4. The van der Waals surface area contributed by atoms with Gasteiger partial charge in [0.1, 0.15) is 11.5 Å². The minimum Gasteiger partial charge on any atom is -0.457 e. The highest BCUT2D eigenvalue weighted by Gasteiger charge is 2.43. The molecule has 1 aliphatic rings. The summed E-state index contributed by atoms with van der Waals surface area (Å²) in [4.78, 5) is 6.97. The summed E-state index contributed by atoms with van der Waals surface area (Å²) in [5.74, 6) is 1.59. The third-order valence-corrected chi connectivity index (χ3v) is 8.10. The molecule has 0 saturated carbocycles. The highest BCUT2D eigenvalue weighted by atomic mass is 32.1. The zero-order valence-electron chi connectivity index (χ0n) is 23.1. The maximum atomic E-state index is 6.11. The quantitative estimate of drug-likeness (QED) is 0.219. The van der Waals surface area contributed by atoms with Gasteiger partial charge in [0.15, 0.2) is 5.11 Å². The lowest BCUT2D eigenvalue weighted by Gasteiger charge is -2.29. The fourth-order valence-corrected chi connectivity index (χ4v) is 6.10. The number of anilines is 1. The minimum atomic E-state index is -0.111. The molecule has 5 nitrogen and oxygen atoms in total. The predicted octanol–water partition coefficient (Wildman–Crippen LogP) is 8.08. The van der Waals surface area contributed by atoms with Crippen molar-refractivity contribution in [3.63, 3.8) is 0 Å². The lowest BCUT2D eigenvalue weighted by molar-refractivity contribution is 0.482. The molecule has 2 aromatic heterocycles. The fraction of sp³-hybridized carbons (Fsp3) is 0.176. The Kier molecular flexibility index (Phi) is 6.86. The van der Waals surface area contributed by atoms with E-state index >= 15 is 0 Å². The maximum absolute atomic E-state index is 6.11. The average Bonchev–Trinajstić information content (AvgIpc) is 3.42. The monoisotopic (exact) mass is 544 g/mol. The smallest absolute Gasteiger partial charge is 0.174 e. The second-order valence-electron chi connectivity index (χ2n) is 10.3. The van der Waals surface area contributed by atoms with Crippen LogP contribution in [0.1, 0.15) is 45.9 Å². The molecule has 1 N–H and O–H groups in total. The lowest BCUT2D eigenvalue weighted by atomic mass is 9.93. The summed E-state index contributed by atoms with van der Waals surface area (Å²) in [5, 5.41) is 4.28. The number of rotatable bonds is 6. The molecular formula is C34H32N4OS. The molecule has 6 rings (SSSR count). The topological polar surface area (TPSA) is 42.3 Å². The van der Waals surface area contributed by atoms with Crippen molar-refractivity contribution in [2.24, 2.45) is 0 Å². The molecule has 6 heteroatoms. The van der Waals surface area contributed by atoms with Gasteiger partial charge in [-0.1, -0.05) is 42.0 Å². The standard InChI is InChI=1S/C34H32N4OS/c1-22-13-17-28(18-14-22)39-29-19-15-27(16-20-29)38-33(32(36-34(38)40)30-12-8-9-21-35-30)31-23(2)24(3)37(25(31)4)26-10-6-5-7-11-26/h5-21,32-33H,1-4H3,(H,36,40)/t32-,33-/m0/s1. The predicted molar refractivity (Wildman–Crippen MR) is 166 cm³/mol. The molecule has 5 aromatic rings. The van der Waals surface area contributed by atoms with E-state index in [0.29, 0.717) is 5.11 Å². The number of para-hydroxylation sites is 1. The van der Waals surface area contributed by atoms with Gasteiger partial charge in [0.05, 0.1) is 17.8 Å². The summed E-state index contributed by atoms with van der Waals surface area (Å²) in [6.07, 6.45) is 1.84. The summed E-state index contributed by atoms with van der Waals surface area (Å²) in [5.41, 5.74) is 9.24. The van der Waals surface area contributed by atoms with Crippen LogP contribution in [0.2, 0.25) is 0 Å². The number of ether oxygens (including phenoxy) is 1. The molecule has 0 amide bonds. The van der Waals surface area contributed by atoms with Crippen LogP contribution >= 0.6 is 12.2 Å². The number of hydrogen-bond acceptors (Lipinski definition) is 3. The third-order valence-electron chi connectivity index (χ3n) is 7.79. The Bertz CT molecular complexity index is 1650. The van der Waals surface area contributed by atoms with E-state index < -0.39 is 0 Å². The Labute approximate surface area is 241 Å². The molecule has 3 aromatic carbocycles. The van der Waals surface area contributed by atoms with Crippen LogP contribution in [0.5, 0.6) is 11.5 Å². The third kappa shape index (κ3) is 4.65. The Morgan fingerprint density at radius 2 is 1.38 bits per heavy atom. The van der Waals surface area contributed by atoms with Crippen molar-refractivity contribution in [3.05, 3.63) is 137 Å². The number of aryl methyl sites for hydroxylation is 1. The Balaban J connectivity index is 1.43. The highest BCUT2D eigenvalue weighted by molar-refractivity contribution is 7.80. The van der Waals surface area contributed by atoms with E-state index in [4.69, 9.17) is 21.9 Å². The molecule has 0 bridgehead atoms.